The molecule has 0 radical (unpaired) electrons. The van der Waals surface area contributed by atoms with Crippen molar-refractivity contribution in [1.82, 2.24) is 5.32 Å². The lowest BCUT2D eigenvalue weighted by molar-refractivity contribution is 0.0540. The summed E-state index contributed by atoms with van der Waals surface area (Å²) in [5.74, 6) is 0.731. The highest BCUT2D eigenvalue weighted by atomic mass is 35.5. The molecule has 1 unspecified atom stereocenters. The fraction of sp³-hybridized carbons (Fsp3) is 0.600. The van der Waals surface area contributed by atoms with E-state index in [0.717, 1.165) is 37.1 Å². The second kappa shape index (κ2) is 7.13. The van der Waals surface area contributed by atoms with E-state index < -0.39 is 0 Å². The van der Waals surface area contributed by atoms with E-state index in [1.807, 2.05) is 12.1 Å². The van der Waals surface area contributed by atoms with Gasteiger partial charge in [0, 0.05) is 24.3 Å². The summed E-state index contributed by atoms with van der Waals surface area (Å²) in [5.41, 5.74) is 1.36. The first-order valence-electron chi connectivity index (χ1n) is 6.85. The molecule has 1 N–H and O–H groups in total. The van der Waals surface area contributed by atoms with Crippen LogP contribution in [0.25, 0.3) is 0 Å². The molecule has 1 aromatic carbocycles. The molecule has 2 nitrogen and oxygen atoms in total. The molecule has 1 aliphatic rings. The molecule has 2 rings (SSSR count). The zero-order valence-corrected chi connectivity index (χ0v) is 11.7. The van der Waals surface area contributed by atoms with Gasteiger partial charge in [0.15, 0.2) is 0 Å². The van der Waals surface area contributed by atoms with Crippen molar-refractivity contribution >= 4 is 11.6 Å². The van der Waals surface area contributed by atoms with Gasteiger partial charge < -0.3 is 10.1 Å². The summed E-state index contributed by atoms with van der Waals surface area (Å²) in [6, 6.07) is 8.77. The van der Waals surface area contributed by atoms with Crippen molar-refractivity contribution in [2.75, 3.05) is 19.8 Å². The van der Waals surface area contributed by atoms with E-state index in [-0.39, 0.29) is 0 Å². The van der Waals surface area contributed by atoms with E-state index in [9.17, 15) is 0 Å². The molecule has 1 saturated heterocycles. The Morgan fingerprint density at radius 1 is 1.28 bits per heavy atom. The normalized spacial score (nSPS) is 18.8. The fourth-order valence-corrected chi connectivity index (χ4v) is 2.79. The van der Waals surface area contributed by atoms with Crippen LogP contribution in [0, 0.1) is 5.92 Å². The van der Waals surface area contributed by atoms with Gasteiger partial charge in [-0.05, 0) is 49.4 Å². The van der Waals surface area contributed by atoms with Crippen LogP contribution in [0.1, 0.15) is 25.3 Å². The standard InChI is InChI=1S/C15H22ClNO/c1-2-17-15(13-7-9-18-10-8-13)11-12-3-5-14(16)6-4-12/h3-6,13,15,17H,2,7-11H2,1H3. The quantitative estimate of drug-likeness (QED) is 0.884. The van der Waals surface area contributed by atoms with Crippen LogP contribution in [0.3, 0.4) is 0 Å². The fourth-order valence-electron chi connectivity index (χ4n) is 2.66. The second-order valence-electron chi connectivity index (χ2n) is 4.94. The number of halogens is 1. The van der Waals surface area contributed by atoms with Crippen molar-refractivity contribution in [1.29, 1.82) is 0 Å². The summed E-state index contributed by atoms with van der Waals surface area (Å²) in [6.45, 7) is 5.02. The van der Waals surface area contributed by atoms with E-state index in [1.54, 1.807) is 0 Å². The Kier molecular flexibility index (Phi) is 5.48. The number of hydrogen-bond donors (Lipinski definition) is 1. The van der Waals surface area contributed by atoms with Gasteiger partial charge in [0.05, 0.1) is 0 Å². The molecule has 0 aromatic heterocycles. The maximum absolute atomic E-state index is 5.93. The van der Waals surface area contributed by atoms with Crippen molar-refractivity contribution in [2.45, 2.75) is 32.2 Å². The van der Waals surface area contributed by atoms with Gasteiger partial charge in [0.2, 0.25) is 0 Å². The first-order chi connectivity index (χ1) is 8.79. The summed E-state index contributed by atoms with van der Waals surface area (Å²) in [6.07, 6.45) is 3.42. The number of hydrogen-bond acceptors (Lipinski definition) is 2. The molecular weight excluding hydrogens is 246 g/mol. The predicted molar refractivity (Wildman–Crippen MR) is 76.2 cm³/mol. The van der Waals surface area contributed by atoms with Crippen LogP contribution >= 0.6 is 11.6 Å². The van der Waals surface area contributed by atoms with Gasteiger partial charge in [-0.1, -0.05) is 30.7 Å². The van der Waals surface area contributed by atoms with Crippen LogP contribution in [-0.2, 0) is 11.2 Å². The van der Waals surface area contributed by atoms with Crippen molar-refractivity contribution < 1.29 is 4.74 Å². The van der Waals surface area contributed by atoms with E-state index >= 15 is 0 Å². The first-order valence-corrected chi connectivity index (χ1v) is 7.23. The molecule has 1 atom stereocenters. The Balaban J connectivity index is 1.98. The van der Waals surface area contributed by atoms with E-state index in [1.165, 1.54) is 18.4 Å². The minimum atomic E-state index is 0.556. The maximum Gasteiger partial charge on any atom is 0.0469 e. The van der Waals surface area contributed by atoms with Crippen LogP contribution in [-0.4, -0.2) is 25.8 Å². The highest BCUT2D eigenvalue weighted by molar-refractivity contribution is 6.30. The largest absolute Gasteiger partial charge is 0.381 e. The van der Waals surface area contributed by atoms with Gasteiger partial charge in [-0.2, -0.15) is 0 Å². The van der Waals surface area contributed by atoms with Crippen LogP contribution in [0.5, 0.6) is 0 Å². The molecule has 0 amide bonds. The molecule has 1 heterocycles. The van der Waals surface area contributed by atoms with Crippen molar-refractivity contribution in [2.24, 2.45) is 5.92 Å². The minimum absolute atomic E-state index is 0.556. The van der Waals surface area contributed by atoms with Crippen LogP contribution in [0.2, 0.25) is 5.02 Å². The SMILES string of the molecule is CCNC(Cc1ccc(Cl)cc1)C1CCOCC1. The number of benzene rings is 1. The molecule has 1 aromatic rings. The molecule has 0 saturated carbocycles. The third-order valence-corrected chi connectivity index (χ3v) is 3.92. The summed E-state index contributed by atoms with van der Waals surface area (Å²) in [5, 5.41) is 4.44. The average Bonchev–Trinajstić information content (AvgIpc) is 2.42. The lowest BCUT2D eigenvalue weighted by Crippen LogP contribution is -2.40. The number of likely N-dealkylation sites (N-methyl/N-ethyl adjacent to an activating group) is 1. The first kappa shape index (κ1) is 13.9. The average molecular weight is 268 g/mol. The lowest BCUT2D eigenvalue weighted by Gasteiger charge is -2.31. The van der Waals surface area contributed by atoms with Gasteiger partial charge in [0.1, 0.15) is 0 Å². The van der Waals surface area contributed by atoms with Crippen LogP contribution < -0.4 is 5.32 Å². The Hall–Kier alpha value is -0.570. The van der Waals surface area contributed by atoms with Crippen molar-refractivity contribution in [3.8, 4) is 0 Å². The highest BCUT2D eigenvalue weighted by Crippen LogP contribution is 2.22. The molecule has 0 spiro atoms. The summed E-state index contributed by atoms with van der Waals surface area (Å²) >= 11 is 5.93. The molecule has 3 heteroatoms. The van der Waals surface area contributed by atoms with Crippen molar-refractivity contribution in [3.63, 3.8) is 0 Å². The van der Waals surface area contributed by atoms with Gasteiger partial charge in [-0.25, -0.2) is 0 Å². The summed E-state index contributed by atoms with van der Waals surface area (Å²) < 4.78 is 5.45. The molecule has 0 aliphatic carbocycles. The molecule has 1 aliphatic heterocycles. The van der Waals surface area contributed by atoms with Gasteiger partial charge in [-0.3, -0.25) is 0 Å². The molecule has 1 fully saturated rings. The van der Waals surface area contributed by atoms with Gasteiger partial charge in [0.25, 0.3) is 0 Å². The second-order valence-corrected chi connectivity index (χ2v) is 5.38. The molecule has 18 heavy (non-hydrogen) atoms. The summed E-state index contributed by atoms with van der Waals surface area (Å²) in [7, 11) is 0. The van der Waals surface area contributed by atoms with Gasteiger partial charge >= 0.3 is 0 Å². The van der Waals surface area contributed by atoms with Crippen LogP contribution in [0.4, 0.5) is 0 Å². The van der Waals surface area contributed by atoms with E-state index in [0.29, 0.717) is 6.04 Å². The smallest absolute Gasteiger partial charge is 0.0469 e. The van der Waals surface area contributed by atoms with E-state index in [4.69, 9.17) is 16.3 Å². The van der Waals surface area contributed by atoms with Gasteiger partial charge in [-0.15, -0.1) is 0 Å². The number of nitrogens with one attached hydrogen (secondary N) is 1. The summed E-state index contributed by atoms with van der Waals surface area (Å²) in [4.78, 5) is 0. The van der Waals surface area contributed by atoms with E-state index in [2.05, 4.69) is 24.4 Å². The maximum atomic E-state index is 5.93. The number of ether oxygens (including phenoxy) is 1. The highest BCUT2D eigenvalue weighted by Gasteiger charge is 2.23. The zero-order chi connectivity index (χ0) is 12.8. The topological polar surface area (TPSA) is 21.3 Å². The Labute approximate surface area is 115 Å². The minimum Gasteiger partial charge on any atom is -0.381 e. The monoisotopic (exact) mass is 267 g/mol. The third-order valence-electron chi connectivity index (χ3n) is 3.67. The Morgan fingerprint density at radius 2 is 1.94 bits per heavy atom. The molecular formula is C15H22ClNO. The molecule has 0 bridgehead atoms. The lowest BCUT2D eigenvalue weighted by atomic mass is 9.87. The zero-order valence-electron chi connectivity index (χ0n) is 11.0. The Bertz CT molecular complexity index is 346. The predicted octanol–water partition coefficient (Wildman–Crippen LogP) is 3.29. The number of rotatable bonds is 5. The van der Waals surface area contributed by atoms with Crippen LogP contribution in [0.15, 0.2) is 24.3 Å². The Morgan fingerprint density at radius 3 is 2.56 bits per heavy atom. The molecule has 100 valence electrons. The van der Waals surface area contributed by atoms with Crippen molar-refractivity contribution in [3.05, 3.63) is 34.9 Å². The third kappa shape index (κ3) is 3.98.